The van der Waals surface area contributed by atoms with E-state index in [-0.39, 0.29) is 51.3 Å². The van der Waals surface area contributed by atoms with E-state index in [1.807, 2.05) is 7.05 Å². The molecule has 5 N–H and O–H groups in total. The van der Waals surface area contributed by atoms with E-state index in [1.165, 1.54) is 7.05 Å². The Bertz CT molecular complexity index is 521. The topological polar surface area (TPSA) is 165 Å². The lowest BCUT2D eigenvalue weighted by molar-refractivity contribution is -0.130. The fraction of sp³-hybridized carbons (Fsp3) is 0.778. The summed E-state index contributed by atoms with van der Waals surface area (Å²) < 4.78 is 20.8. The van der Waals surface area contributed by atoms with Gasteiger partial charge in [-0.15, -0.1) is 0 Å². The van der Waals surface area contributed by atoms with Gasteiger partial charge in [0, 0.05) is 20.1 Å². The molecule has 0 saturated heterocycles. The van der Waals surface area contributed by atoms with Crippen LogP contribution in [-0.2, 0) is 38.1 Å². The summed E-state index contributed by atoms with van der Waals surface area (Å²) in [5.41, 5.74) is 0. The fourth-order valence-corrected chi connectivity index (χ4v) is 1.82. The molecule has 180 valence electrons. The zero-order valence-electron chi connectivity index (χ0n) is 18.3. The number of nitrogens with one attached hydrogen (secondary N) is 5. The SMILES string of the molecule is CNCCOCCOCC(=O)NCCOCCOCC(=O)NCC(=O)NCC(=O)NC. The van der Waals surface area contributed by atoms with Gasteiger partial charge in [-0.2, -0.15) is 0 Å². The molecule has 0 aliphatic carbocycles. The number of carbonyl (C=O) groups is 4. The average Bonchev–Trinajstić information content (AvgIpc) is 2.77. The average molecular weight is 450 g/mol. The molecular formula is C18H35N5O8. The number of rotatable bonds is 20. The van der Waals surface area contributed by atoms with Crippen LogP contribution >= 0.6 is 0 Å². The largest absolute Gasteiger partial charge is 0.378 e. The van der Waals surface area contributed by atoms with Crippen LogP contribution in [0.3, 0.4) is 0 Å². The summed E-state index contributed by atoms with van der Waals surface area (Å²) in [6.45, 7) is 2.51. The predicted molar refractivity (Wildman–Crippen MR) is 110 cm³/mol. The third kappa shape index (κ3) is 20.7. The molecule has 13 nitrogen and oxygen atoms in total. The molecule has 0 bridgehead atoms. The van der Waals surface area contributed by atoms with Gasteiger partial charge in [-0.05, 0) is 7.05 Å². The first-order valence-electron chi connectivity index (χ1n) is 9.95. The highest BCUT2D eigenvalue weighted by Crippen LogP contribution is 1.82. The van der Waals surface area contributed by atoms with E-state index >= 15 is 0 Å². The molecule has 0 aromatic heterocycles. The third-order valence-electron chi connectivity index (χ3n) is 3.45. The zero-order valence-corrected chi connectivity index (χ0v) is 18.3. The molecule has 0 aromatic carbocycles. The van der Waals surface area contributed by atoms with Crippen molar-refractivity contribution in [1.29, 1.82) is 0 Å². The molecule has 0 radical (unpaired) electrons. The summed E-state index contributed by atoms with van der Waals surface area (Å²) in [6.07, 6.45) is 0. The summed E-state index contributed by atoms with van der Waals surface area (Å²) in [7, 11) is 3.29. The summed E-state index contributed by atoms with van der Waals surface area (Å²) in [4.78, 5) is 45.4. The van der Waals surface area contributed by atoms with Crippen LogP contribution < -0.4 is 26.6 Å². The molecule has 0 fully saturated rings. The van der Waals surface area contributed by atoms with Crippen LogP contribution in [0.2, 0.25) is 0 Å². The van der Waals surface area contributed by atoms with Gasteiger partial charge in [0.15, 0.2) is 0 Å². The Morgan fingerprint density at radius 1 is 0.548 bits per heavy atom. The van der Waals surface area contributed by atoms with Crippen LogP contribution in [0, 0.1) is 0 Å². The van der Waals surface area contributed by atoms with Crippen molar-refractivity contribution in [3.63, 3.8) is 0 Å². The maximum atomic E-state index is 11.5. The molecule has 0 spiro atoms. The number of likely N-dealkylation sites (N-methyl/N-ethyl adjacent to an activating group) is 2. The first-order valence-corrected chi connectivity index (χ1v) is 9.95. The molecule has 13 heteroatoms. The maximum Gasteiger partial charge on any atom is 0.246 e. The molecule has 4 amide bonds. The number of carbonyl (C=O) groups excluding carboxylic acids is 4. The van der Waals surface area contributed by atoms with Crippen LogP contribution in [0.4, 0.5) is 0 Å². The van der Waals surface area contributed by atoms with Crippen molar-refractivity contribution in [2.75, 3.05) is 93.1 Å². The second-order valence-corrected chi connectivity index (χ2v) is 6.01. The Labute approximate surface area is 182 Å². The van der Waals surface area contributed by atoms with Gasteiger partial charge in [0.2, 0.25) is 23.6 Å². The zero-order chi connectivity index (χ0) is 23.2. The molecule has 0 aliphatic heterocycles. The number of hydrogen-bond acceptors (Lipinski definition) is 9. The standard InChI is InChI=1S/C18H35N5O8/c1-19-3-5-28-7-9-30-13-17(26)21-4-6-29-8-10-31-14-18(27)23-12-16(25)22-11-15(24)20-2/h19H,3-14H2,1-2H3,(H,20,24)(H,21,26)(H,22,25)(H,23,27). The quantitative estimate of drug-likeness (QED) is 0.118. The summed E-state index contributed by atoms with van der Waals surface area (Å²) in [6, 6.07) is 0. The van der Waals surface area contributed by atoms with Crippen molar-refractivity contribution in [2.24, 2.45) is 0 Å². The molecule has 31 heavy (non-hydrogen) atoms. The molecule has 0 rings (SSSR count). The number of hydrogen-bond donors (Lipinski definition) is 5. The van der Waals surface area contributed by atoms with E-state index in [0.29, 0.717) is 33.0 Å². The maximum absolute atomic E-state index is 11.5. The monoisotopic (exact) mass is 449 g/mol. The highest BCUT2D eigenvalue weighted by molar-refractivity contribution is 5.88. The minimum atomic E-state index is -0.481. The minimum absolute atomic E-state index is 0.0442. The van der Waals surface area contributed by atoms with E-state index in [2.05, 4.69) is 26.6 Å². The summed E-state index contributed by atoms with van der Waals surface area (Å²) >= 11 is 0. The van der Waals surface area contributed by atoms with Crippen molar-refractivity contribution in [2.45, 2.75) is 0 Å². The van der Waals surface area contributed by atoms with Crippen molar-refractivity contribution >= 4 is 23.6 Å². The molecule has 0 heterocycles. The van der Waals surface area contributed by atoms with Crippen LogP contribution in [0.1, 0.15) is 0 Å². The van der Waals surface area contributed by atoms with Gasteiger partial charge in [-0.3, -0.25) is 19.2 Å². The third-order valence-corrected chi connectivity index (χ3v) is 3.45. The van der Waals surface area contributed by atoms with E-state index < -0.39 is 11.8 Å². The van der Waals surface area contributed by atoms with Gasteiger partial charge >= 0.3 is 0 Å². The Morgan fingerprint density at radius 2 is 1.03 bits per heavy atom. The number of amides is 4. The van der Waals surface area contributed by atoms with Gasteiger partial charge in [0.1, 0.15) is 13.2 Å². The smallest absolute Gasteiger partial charge is 0.246 e. The van der Waals surface area contributed by atoms with Gasteiger partial charge in [-0.1, -0.05) is 0 Å². The lowest BCUT2D eigenvalue weighted by Crippen LogP contribution is -2.42. The molecule has 0 aliphatic rings. The highest BCUT2D eigenvalue weighted by Gasteiger charge is 2.07. The lowest BCUT2D eigenvalue weighted by Gasteiger charge is -2.09. The van der Waals surface area contributed by atoms with E-state index in [4.69, 9.17) is 18.9 Å². The predicted octanol–water partition coefficient (Wildman–Crippen LogP) is -3.63. The van der Waals surface area contributed by atoms with Crippen LogP contribution in [0.15, 0.2) is 0 Å². The van der Waals surface area contributed by atoms with E-state index in [1.54, 1.807) is 0 Å². The molecule has 0 aromatic rings. The molecular weight excluding hydrogens is 414 g/mol. The second kappa shape index (κ2) is 20.9. The van der Waals surface area contributed by atoms with Gasteiger partial charge in [0.05, 0.1) is 52.7 Å². The van der Waals surface area contributed by atoms with E-state index in [9.17, 15) is 19.2 Å². The normalized spacial score (nSPS) is 10.4. The molecule has 0 unspecified atom stereocenters. The Hall–Kier alpha value is -2.32. The lowest BCUT2D eigenvalue weighted by atomic mass is 10.5. The minimum Gasteiger partial charge on any atom is -0.378 e. The van der Waals surface area contributed by atoms with Crippen LogP contribution in [0.25, 0.3) is 0 Å². The van der Waals surface area contributed by atoms with Crippen molar-refractivity contribution in [3.8, 4) is 0 Å². The molecule has 0 saturated carbocycles. The summed E-state index contributed by atoms with van der Waals surface area (Å²) in [5, 5.41) is 12.7. The van der Waals surface area contributed by atoms with Crippen LogP contribution in [-0.4, -0.2) is 117 Å². The van der Waals surface area contributed by atoms with Crippen molar-refractivity contribution in [1.82, 2.24) is 26.6 Å². The molecule has 0 atom stereocenters. The summed E-state index contributed by atoms with van der Waals surface area (Å²) in [5.74, 6) is -1.52. The first kappa shape index (κ1) is 28.7. The Morgan fingerprint density at radius 3 is 1.61 bits per heavy atom. The Balaban J connectivity index is 3.41. The van der Waals surface area contributed by atoms with Crippen LogP contribution in [0.5, 0.6) is 0 Å². The van der Waals surface area contributed by atoms with Crippen molar-refractivity contribution in [3.05, 3.63) is 0 Å². The van der Waals surface area contributed by atoms with Gasteiger partial charge in [0.25, 0.3) is 0 Å². The fourth-order valence-electron chi connectivity index (χ4n) is 1.82. The van der Waals surface area contributed by atoms with Gasteiger partial charge in [-0.25, -0.2) is 0 Å². The Kier molecular flexibility index (Phi) is 19.4. The first-order chi connectivity index (χ1) is 15.0. The van der Waals surface area contributed by atoms with Crippen molar-refractivity contribution < 1.29 is 38.1 Å². The number of ether oxygens (including phenoxy) is 4. The van der Waals surface area contributed by atoms with Gasteiger partial charge < -0.3 is 45.5 Å². The second-order valence-electron chi connectivity index (χ2n) is 6.01. The van der Waals surface area contributed by atoms with E-state index in [0.717, 1.165) is 6.54 Å². The highest BCUT2D eigenvalue weighted by atomic mass is 16.5.